The van der Waals surface area contributed by atoms with Crippen LogP contribution in [0.4, 0.5) is 5.69 Å². The van der Waals surface area contributed by atoms with Crippen molar-refractivity contribution in [3.8, 4) is 11.4 Å². The van der Waals surface area contributed by atoms with Gasteiger partial charge in [-0.2, -0.15) is 0 Å². The molecular weight excluding hydrogens is 248 g/mol. The number of hydrogen-bond donors (Lipinski definition) is 1. The van der Waals surface area contributed by atoms with Crippen molar-refractivity contribution in [3.63, 3.8) is 0 Å². The minimum atomic E-state index is 0.952. The molecule has 0 radical (unpaired) electrons. The predicted octanol–water partition coefficient (Wildman–Crippen LogP) is 3.55. The number of hydrogen-bond acceptors (Lipinski definition) is 3. The molecule has 0 amide bonds. The van der Waals surface area contributed by atoms with Gasteiger partial charge < -0.3 is 9.88 Å². The van der Waals surface area contributed by atoms with E-state index in [0.29, 0.717) is 0 Å². The molecule has 0 aliphatic rings. The zero-order valence-corrected chi connectivity index (χ0v) is 11.8. The van der Waals surface area contributed by atoms with Crippen LogP contribution in [-0.2, 0) is 6.54 Å². The first-order valence-corrected chi connectivity index (χ1v) is 6.92. The average Bonchev–Trinajstić information content (AvgIpc) is 2.87. The predicted molar refractivity (Wildman–Crippen MR) is 82.8 cm³/mol. The molecule has 0 unspecified atom stereocenters. The van der Waals surface area contributed by atoms with Crippen molar-refractivity contribution in [3.05, 3.63) is 42.7 Å². The molecule has 4 nitrogen and oxygen atoms in total. The van der Waals surface area contributed by atoms with E-state index in [9.17, 15) is 0 Å². The van der Waals surface area contributed by atoms with Crippen LogP contribution < -0.4 is 5.32 Å². The van der Waals surface area contributed by atoms with E-state index in [-0.39, 0.29) is 0 Å². The lowest BCUT2D eigenvalue weighted by molar-refractivity contribution is 0.704. The van der Waals surface area contributed by atoms with Gasteiger partial charge >= 0.3 is 0 Å². The van der Waals surface area contributed by atoms with Crippen molar-refractivity contribution in [2.75, 3.05) is 12.4 Å². The number of benzene rings is 1. The van der Waals surface area contributed by atoms with Crippen LogP contribution in [0.1, 0.15) is 13.3 Å². The normalized spacial score (nSPS) is 10.9. The van der Waals surface area contributed by atoms with E-state index < -0.39 is 0 Å². The number of nitrogens with one attached hydrogen (secondary N) is 1. The SMILES string of the molecule is CCCn1c(-c2ccc(NC)cc2)nc2cnccc21. The first kappa shape index (κ1) is 12.7. The van der Waals surface area contributed by atoms with Crippen molar-refractivity contribution in [2.24, 2.45) is 0 Å². The van der Waals surface area contributed by atoms with E-state index >= 15 is 0 Å². The number of imidazole rings is 1. The zero-order valence-electron chi connectivity index (χ0n) is 11.8. The summed E-state index contributed by atoms with van der Waals surface area (Å²) in [7, 11) is 1.92. The largest absolute Gasteiger partial charge is 0.388 e. The third-order valence-corrected chi connectivity index (χ3v) is 3.43. The Morgan fingerprint density at radius 3 is 2.65 bits per heavy atom. The first-order chi connectivity index (χ1) is 9.83. The van der Waals surface area contributed by atoms with Crippen LogP contribution in [0.15, 0.2) is 42.7 Å². The number of aromatic nitrogens is 3. The summed E-state index contributed by atoms with van der Waals surface area (Å²) in [5, 5.41) is 3.13. The molecule has 2 aromatic heterocycles. The van der Waals surface area contributed by atoms with Gasteiger partial charge in [-0.3, -0.25) is 4.98 Å². The van der Waals surface area contributed by atoms with Crippen LogP contribution in [0.2, 0.25) is 0 Å². The molecule has 0 saturated heterocycles. The molecule has 1 aromatic carbocycles. The molecule has 0 spiro atoms. The Labute approximate surface area is 118 Å². The van der Waals surface area contributed by atoms with E-state index in [4.69, 9.17) is 4.98 Å². The van der Waals surface area contributed by atoms with Gasteiger partial charge in [0, 0.05) is 31.0 Å². The minimum Gasteiger partial charge on any atom is -0.388 e. The third kappa shape index (κ3) is 2.13. The number of anilines is 1. The molecule has 0 bridgehead atoms. The molecule has 0 aliphatic carbocycles. The van der Waals surface area contributed by atoms with Crippen LogP contribution in [0.3, 0.4) is 0 Å². The Morgan fingerprint density at radius 2 is 1.95 bits per heavy atom. The summed E-state index contributed by atoms with van der Waals surface area (Å²) in [5.74, 6) is 1.01. The summed E-state index contributed by atoms with van der Waals surface area (Å²) < 4.78 is 2.27. The van der Waals surface area contributed by atoms with E-state index in [1.54, 1.807) is 0 Å². The van der Waals surface area contributed by atoms with Crippen molar-refractivity contribution >= 4 is 16.7 Å². The molecule has 0 atom stereocenters. The zero-order chi connectivity index (χ0) is 13.9. The van der Waals surface area contributed by atoms with Crippen molar-refractivity contribution in [1.29, 1.82) is 0 Å². The van der Waals surface area contributed by atoms with Gasteiger partial charge in [-0.15, -0.1) is 0 Å². The molecule has 102 valence electrons. The molecule has 0 aliphatic heterocycles. The molecule has 1 N–H and O–H groups in total. The number of fused-ring (bicyclic) bond motifs is 1. The monoisotopic (exact) mass is 266 g/mol. The average molecular weight is 266 g/mol. The lowest BCUT2D eigenvalue weighted by atomic mass is 10.2. The molecule has 2 heterocycles. The Morgan fingerprint density at radius 1 is 1.15 bits per heavy atom. The number of nitrogens with zero attached hydrogens (tertiary/aromatic N) is 3. The Hall–Kier alpha value is -2.36. The first-order valence-electron chi connectivity index (χ1n) is 6.92. The summed E-state index contributed by atoms with van der Waals surface area (Å²) >= 11 is 0. The molecule has 20 heavy (non-hydrogen) atoms. The van der Waals surface area contributed by atoms with Crippen molar-refractivity contribution < 1.29 is 0 Å². The fourth-order valence-electron chi connectivity index (χ4n) is 2.44. The lowest BCUT2D eigenvalue weighted by Gasteiger charge is -2.08. The number of aryl methyl sites for hydroxylation is 1. The highest BCUT2D eigenvalue weighted by Crippen LogP contribution is 2.25. The van der Waals surface area contributed by atoms with E-state index in [2.05, 4.69) is 46.1 Å². The fourth-order valence-corrected chi connectivity index (χ4v) is 2.44. The maximum absolute atomic E-state index is 4.74. The molecule has 0 fully saturated rings. The maximum Gasteiger partial charge on any atom is 0.141 e. The van der Waals surface area contributed by atoms with Crippen LogP contribution in [-0.4, -0.2) is 21.6 Å². The van der Waals surface area contributed by atoms with E-state index in [1.807, 2.05) is 25.5 Å². The van der Waals surface area contributed by atoms with Gasteiger partial charge in [0.25, 0.3) is 0 Å². The van der Waals surface area contributed by atoms with Gasteiger partial charge in [-0.1, -0.05) is 6.92 Å². The van der Waals surface area contributed by atoms with Gasteiger partial charge in [0.15, 0.2) is 0 Å². The van der Waals surface area contributed by atoms with Crippen LogP contribution in [0, 0.1) is 0 Å². The summed E-state index contributed by atoms with van der Waals surface area (Å²) in [6.45, 7) is 3.14. The Kier molecular flexibility index (Phi) is 3.37. The number of pyridine rings is 1. The second kappa shape index (κ2) is 5.33. The maximum atomic E-state index is 4.74. The number of rotatable bonds is 4. The van der Waals surface area contributed by atoms with Crippen LogP contribution in [0.25, 0.3) is 22.4 Å². The summed E-state index contributed by atoms with van der Waals surface area (Å²) in [6.07, 6.45) is 4.73. The van der Waals surface area contributed by atoms with E-state index in [1.165, 1.54) is 0 Å². The van der Waals surface area contributed by atoms with Crippen molar-refractivity contribution in [2.45, 2.75) is 19.9 Å². The molecule has 3 rings (SSSR count). The molecular formula is C16H18N4. The standard InChI is InChI=1S/C16H18N4/c1-3-10-20-15-8-9-18-11-14(15)19-16(20)12-4-6-13(17-2)7-5-12/h4-9,11,17H,3,10H2,1-2H3. The van der Waals surface area contributed by atoms with Gasteiger partial charge in [0.2, 0.25) is 0 Å². The highest BCUT2D eigenvalue weighted by Gasteiger charge is 2.11. The minimum absolute atomic E-state index is 0.952. The molecule has 3 aromatic rings. The second-order valence-corrected chi connectivity index (χ2v) is 4.78. The van der Waals surface area contributed by atoms with Crippen molar-refractivity contribution in [1.82, 2.24) is 14.5 Å². The Balaban J connectivity index is 2.15. The van der Waals surface area contributed by atoms with Gasteiger partial charge in [0.05, 0.1) is 11.7 Å². The lowest BCUT2D eigenvalue weighted by Crippen LogP contribution is -1.99. The highest BCUT2D eigenvalue weighted by atomic mass is 15.1. The smallest absolute Gasteiger partial charge is 0.141 e. The quantitative estimate of drug-likeness (QED) is 0.785. The summed E-state index contributed by atoms with van der Waals surface area (Å²) in [6, 6.07) is 10.4. The summed E-state index contributed by atoms with van der Waals surface area (Å²) in [5.41, 5.74) is 4.34. The van der Waals surface area contributed by atoms with Crippen LogP contribution in [0.5, 0.6) is 0 Å². The topological polar surface area (TPSA) is 42.7 Å². The fraction of sp³-hybridized carbons (Fsp3) is 0.250. The van der Waals surface area contributed by atoms with Gasteiger partial charge in [0.1, 0.15) is 11.3 Å². The molecule has 4 heteroatoms. The van der Waals surface area contributed by atoms with Crippen LogP contribution >= 0.6 is 0 Å². The van der Waals surface area contributed by atoms with Gasteiger partial charge in [-0.05, 0) is 36.8 Å². The Bertz CT molecular complexity index is 713. The summed E-state index contributed by atoms with van der Waals surface area (Å²) in [4.78, 5) is 8.90. The highest BCUT2D eigenvalue weighted by molar-refractivity contribution is 5.80. The molecule has 0 saturated carbocycles. The third-order valence-electron chi connectivity index (χ3n) is 3.43. The second-order valence-electron chi connectivity index (χ2n) is 4.78. The van der Waals surface area contributed by atoms with E-state index in [0.717, 1.165) is 41.1 Å². The van der Waals surface area contributed by atoms with Gasteiger partial charge in [-0.25, -0.2) is 4.98 Å².